The minimum atomic E-state index is 0.325. The van der Waals surface area contributed by atoms with Crippen molar-refractivity contribution in [3.63, 3.8) is 0 Å². The van der Waals surface area contributed by atoms with E-state index < -0.39 is 0 Å². The molecule has 2 atom stereocenters. The Bertz CT molecular complexity index is 180. The number of nitrogens with two attached hydrogens (primary N) is 1. The summed E-state index contributed by atoms with van der Waals surface area (Å²) in [6, 6.07) is 0.325. The van der Waals surface area contributed by atoms with Crippen LogP contribution in [0, 0.1) is 5.92 Å². The molecule has 0 amide bonds. The van der Waals surface area contributed by atoms with Gasteiger partial charge in [-0.1, -0.05) is 22.5 Å². The molecule has 0 bridgehead atoms. The lowest BCUT2D eigenvalue weighted by Crippen LogP contribution is -2.42. The van der Waals surface area contributed by atoms with E-state index in [9.17, 15) is 0 Å². The lowest BCUT2D eigenvalue weighted by Gasteiger charge is -2.34. The smallest absolute Gasteiger partial charge is 0.0294 e. The topological polar surface area (TPSA) is 29.3 Å². The van der Waals surface area contributed by atoms with Crippen molar-refractivity contribution in [1.82, 2.24) is 4.90 Å². The molecule has 3 heteroatoms. The second kappa shape index (κ2) is 5.13. The maximum Gasteiger partial charge on any atom is 0.0294 e. The fourth-order valence-electron chi connectivity index (χ4n) is 1.91. The summed E-state index contributed by atoms with van der Waals surface area (Å²) in [6.45, 7) is 9.25. The minimum absolute atomic E-state index is 0.325. The van der Waals surface area contributed by atoms with Gasteiger partial charge in [-0.05, 0) is 32.2 Å². The summed E-state index contributed by atoms with van der Waals surface area (Å²) in [6.07, 6.45) is 2.55. The van der Waals surface area contributed by atoms with E-state index in [4.69, 9.17) is 5.73 Å². The molecule has 0 saturated carbocycles. The van der Waals surface area contributed by atoms with E-state index >= 15 is 0 Å². The molecule has 0 aromatic rings. The van der Waals surface area contributed by atoms with Gasteiger partial charge in [0.2, 0.25) is 0 Å². The Balaban J connectivity index is 2.37. The standard InChI is InChI=1S/C10H19BrN2/c1-8(11)6-13-5-3-4-10(7-13)9(2)12/h9-10H,1,3-7,12H2,2H3. The first kappa shape index (κ1) is 11.2. The summed E-state index contributed by atoms with van der Waals surface area (Å²) in [7, 11) is 0. The van der Waals surface area contributed by atoms with Crippen molar-refractivity contribution in [1.29, 1.82) is 0 Å². The molecular weight excluding hydrogens is 228 g/mol. The number of piperidine rings is 1. The van der Waals surface area contributed by atoms with Crippen LogP contribution in [0.15, 0.2) is 11.1 Å². The predicted octanol–water partition coefficient (Wildman–Crippen LogP) is 1.95. The number of likely N-dealkylation sites (tertiary alicyclic amines) is 1. The van der Waals surface area contributed by atoms with Crippen LogP contribution >= 0.6 is 15.9 Å². The maximum atomic E-state index is 5.90. The molecule has 1 saturated heterocycles. The summed E-state index contributed by atoms with van der Waals surface area (Å²) < 4.78 is 1.07. The fraction of sp³-hybridized carbons (Fsp3) is 0.800. The Morgan fingerprint density at radius 3 is 3.00 bits per heavy atom. The van der Waals surface area contributed by atoms with Crippen molar-refractivity contribution in [3.8, 4) is 0 Å². The highest BCUT2D eigenvalue weighted by Crippen LogP contribution is 2.19. The van der Waals surface area contributed by atoms with Gasteiger partial charge in [-0.25, -0.2) is 0 Å². The van der Waals surface area contributed by atoms with E-state index in [1.165, 1.54) is 19.4 Å². The Hall–Kier alpha value is 0.140. The van der Waals surface area contributed by atoms with E-state index in [1.54, 1.807) is 0 Å². The third-order valence-corrected chi connectivity index (χ3v) is 2.93. The van der Waals surface area contributed by atoms with Gasteiger partial charge in [0.25, 0.3) is 0 Å². The average molecular weight is 247 g/mol. The van der Waals surface area contributed by atoms with Crippen molar-refractivity contribution < 1.29 is 0 Å². The molecule has 76 valence electrons. The molecule has 1 rings (SSSR count). The Morgan fingerprint density at radius 2 is 2.46 bits per heavy atom. The molecule has 0 radical (unpaired) electrons. The van der Waals surface area contributed by atoms with Crippen molar-refractivity contribution in [3.05, 3.63) is 11.1 Å². The Morgan fingerprint density at radius 1 is 1.77 bits per heavy atom. The average Bonchev–Trinajstić information content (AvgIpc) is 2.03. The molecule has 13 heavy (non-hydrogen) atoms. The lowest BCUT2D eigenvalue weighted by molar-refractivity contribution is 0.175. The molecule has 1 aliphatic heterocycles. The van der Waals surface area contributed by atoms with Crippen molar-refractivity contribution in [2.24, 2.45) is 11.7 Å². The molecule has 2 N–H and O–H groups in total. The van der Waals surface area contributed by atoms with Gasteiger partial charge < -0.3 is 5.73 Å². The quantitative estimate of drug-likeness (QED) is 0.826. The largest absolute Gasteiger partial charge is 0.328 e. The molecule has 1 fully saturated rings. The monoisotopic (exact) mass is 246 g/mol. The molecule has 2 unspecified atom stereocenters. The van der Waals surface area contributed by atoms with Crippen LogP contribution in [-0.4, -0.2) is 30.6 Å². The summed E-state index contributed by atoms with van der Waals surface area (Å²) in [5.74, 6) is 0.667. The zero-order valence-corrected chi connectivity index (χ0v) is 9.89. The normalized spacial score (nSPS) is 27.2. The molecule has 2 nitrogen and oxygen atoms in total. The van der Waals surface area contributed by atoms with Gasteiger partial charge in [-0.15, -0.1) is 0 Å². The van der Waals surface area contributed by atoms with E-state index in [1.807, 2.05) is 0 Å². The molecule has 0 spiro atoms. The summed E-state index contributed by atoms with van der Waals surface area (Å²) in [5.41, 5.74) is 5.90. The lowest BCUT2D eigenvalue weighted by atomic mass is 9.92. The maximum absolute atomic E-state index is 5.90. The van der Waals surface area contributed by atoms with Gasteiger partial charge >= 0.3 is 0 Å². The second-order valence-corrected chi connectivity index (χ2v) is 5.14. The third-order valence-electron chi connectivity index (χ3n) is 2.68. The summed E-state index contributed by atoms with van der Waals surface area (Å²) in [4.78, 5) is 2.43. The number of hydrogen-bond donors (Lipinski definition) is 1. The minimum Gasteiger partial charge on any atom is -0.328 e. The van der Waals surface area contributed by atoms with E-state index in [2.05, 4.69) is 34.3 Å². The zero-order chi connectivity index (χ0) is 9.84. The van der Waals surface area contributed by atoms with Gasteiger partial charge in [0.05, 0.1) is 0 Å². The molecule has 0 aromatic carbocycles. The molecule has 1 aliphatic rings. The van der Waals surface area contributed by atoms with Crippen LogP contribution in [0.5, 0.6) is 0 Å². The van der Waals surface area contributed by atoms with E-state index in [0.717, 1.165) is 17.6 Å². The van der Waals surface area contributed by atoms with Gasteiger partial charge in [-0.2, -0.15) is 0 Å². The Kier molecular flexibility index (Phi) is 4.42. The van der Waals surface area contributed by atoms with Crippen molar-refractivity contribution >= 4 is 15.9 Å². The summed E-state index contributed by atoms with van der Waals surface area (Å²) >= 11 is 3.40. The van der Waals surface area contributed by atoms with Crippen LogP contribution < -0.4 is 5.73 Å². The fourth-order valence-corrected chi connectivity index (χ4v) is 2.26. The SMILES string of the molecule is C=C(Br)CN1CCCC(C(C)N)C1. The van der Waals surface area contributed by atoms with Crippen LogP contribution in [-0.2, 0) is 0 Å². The number of hydrogen-bond acceptors (Lipinski definition) is 2. The van der Waals surface area contributed by atoms with Gasteiger partial charge in [0.15, 0.2) is 0 Å². The molecule has 0 aliphatic carbocycles. The third kappa shape index (κ3) is 3.79. The highest BCUT2D eigenvalue weighted by molar-refractivity contribution is 9.11. The van der Waals surface area contributed by atoms with E-state index in [0.29, 0.717) is 12.0 Å². The first-order valence-electron chi connectivity index (χ1n) is 4.91. The highest BCUT2D eigenvalue weighted by atomic mass is 79.9. The number of nitrogens with zero attached hydrogens (tertiary/aromatic N) is 1. The zero-order valence-electron chi connectivity index (χ0n) is 8.30. The first-order valence-corrected chi connectivity index (χ1v) is 5.70. The van der Waals surface area contributed by atoms with Gasteiger partial charge in [0.1, 0.15) is 0 Å². The predicted molar refractivity (Wildman–Crippen MR) is 60.9 cm³/mol. The number of rotatable bonds is 3. The van der Waals surface area contributed by atoms with Crippen molar-refractivity contribution in [2.45, 2.75) is 25.8 Å². The van der Waals surface area contributed by atoms with Gasteiger partial charge in [-0.3, -0.25) is 4.90 Å². The molecular formula is C10H19BrN2. The second-order valence-electron chi connectivity index (χ2n) is 4.01. The van der Waals surface area contributed by atoms with Crippen LogP contribution in [0.4, 0.5) is 0 Å². The highest BCUT2D eigenvalue weighted by Gasteiger charge is 2.22. The van der Waals surface area contributed by atoms with Crippen LogP contribution in [0.2, 0.25) is 0 Å². The van der Waals surface area contributed by atoms with Crippen molar-refractivity contribution in [2.75, 3.05) is 19.6 Å². The molecule has 1 heterocycles. The first-order chi connectivity index (χ1) is 6.09. The van der Waals surface area contributed by atoms with Crippen LogP contribution in [0.1, 0.15) is 19.8 Å². The van der Waals surface area contributed by atoms with Crippen LogP contribution in [0.3, 0.4) is 0 Å². The van der Waals surface area contributed by atoms with Crippen LogP contribution in [0.25, 0.3) is 0 Å². The van der Waals surface area contributed by atoms with E-state index in [-0.39, 0.29) is 0 Å². The Labute approximate surface area is 89.3 Å². The summed E-state index contributed by atoms with van der Waals surface area (Å²) in [5, 5.41) is 0. The number of halogens is 1. The molecule has 0 aromatic heterocycles. The van der Waals surface area contributed by atoms with Gasteiger partial charge in [0, 0.05) is 23.6 Å².